The average Bonchev–Trinajstić information content (AvgIpc) is 4.08. The third-order valence-corrected chi connectivity index (χ3v) is 13.2. The van der Waals surface area contributed by atoms with Gasteiger partial charge in [-0.15, -0.1) is 11.3 Å². The van der Waals surface area contributed by atoms with Crippen LogP contribution in [-0.2, 0) is 33.3 Å². The second-order valence-corrected chi connectivity index (χ2v) is 20.1. The van der Waals surface area contributed by atoms with E-state index in [2.05, 4.69) is 54.3 Å². The van der Waals surface area contributed by atoms with Crippen molar-refractivity contribution in [1.29, 1.82) is 0 Å². The van der Waals surface area contributed by atoms with Gasteiger partial charge in [0.1, 0.15) is 54.0 Å². The Bertz CT molecular complexity index is 2760. The number of imidazole rings is 1. The molecule has 2 aromatic carbocycles. The van der Waals surface area contributed by atoms with Gasteiger partial charge in [-0.2, -0.15) is 0 Å². The predicted molar refractivity (Wildman–Crippen MR) is 279 cm³/mol. The molecule has 1 saturated heterocycles. The van der Waals surface area contributed by atoms with Gasteiger partial charge in [0.2, 0.25) is 17.7 Å². The molecule has 0 unspecified atom stereocenters. The first-order chi connectivity index (χ1) is 35.0. The van der Waals surface area contributed by atoms with Crippen molar-refractivity contribution in [3.63, 3.8) is 0 Å². The molecule has 4 aromatic heterocycles. The van der Waals surface area contributed by atoms with Gasteiger partial charge in [0, 0.05) is 36.8 Å². The summed E-state index contributed by atoms with van der Waals surface area (Å²) in [6.07, 6.45) is 2.69. The van der Waals surface area contributed by atoms with Crippen LogP contribution in [-0.4, -0.2) is 141 Å². The molecule has 4 N–H and O–H groups in total. The minimum atomic E-state index is -0.972. The number of fused-ring (bicyclic) bond motifs is 1. The summed E-state index contributed by atoms with van der Waals surface area (Å²) in [4.78, 5) is 65.8. The van der Waals surface area contributed by atoms with Gasteiger partial charge in [0.05, 0.1) is 86.2 Å². The third-order valence-electron chi connectivity index (χ3n) is 12.2. The van der Waals surface area contributed by atoms with Crippen LogP contribution >= 0.6 is 11.3 Å². The molecule has 1 fully saturated rings. The lowest BCUT2D eigenvalue weighted by Crippen LogP contribution is -2.58. The smallest absolute Gasteiger partial charge is 0.246 e. The van der Waals surface area contributed by atoms with Crippen LogP contribution in [0.4, 0.5) is 11.6 Å². The van der Waals surface area contributed by atoms with Crippen molar-refractivity contribution < 1.29 is 43.2 Å². The first-order valence-corrected chi connectivity index (χ1v) is 25.5. The lowest BCUT2D eigenvalue weighted by molar-refractivity contribution is -0.144. The van der Waals surface area contributed by atoms with E-state index in [1.165, 1.54) is 4.90 Å². The fraction of sp³-hybridized carbons (Fsp3) is 0.472. The van der Waals surface area contributed by atoms with E-state index in [0.717, 1.165) is 44.1 Å². The second kappa shape index (κ2) is 25.5. The molecular weight excluding hydrogens is 953 g/mol. The summed E-state index contributed by atoms with van der Waals surface area (Å²) < 4.78 is 30.4. The van der Waals surface area contributed by atoms with E-state index in [1.54, 1.807) is 29.8 Å². The van der Waals surface area contributed by atoms with Gasteiger partial charge in [-0.3, -0.25) is 14.4 Å². The van der Waals surface area contributed by atoms with Crippen LogP contribution in [0.1, 0.15) is 77.1 Å². The molecule has 0 bridgehead atoms. The molecule has 6 aromatic rings. The monoisotopic (exact) mass is 1020 g/mol. The number of carbonyl (C=O) groups excluding carboxylic acids is 3. The van der Waals surface area contributed by atoms with E-state index in [1.807, 2.05) is 102 Å². The molecule has 0 saturated carbocycles. The number of hydrogen-bond donors (Lipinski definition) is 4. The van der Waals surface area contributed by atoms with Crippen molar-refractivity contribution in [3.8, 4) is 27.6 Å². The zero-order valence-electron chi connectivity index (χ0n) is 42.9. The molecule has 0 radical (unpaired) electrons. The van der Waals surface area contributed by atoms with E-state index in [0.29, 0.717) is 62.9 Å². The fourth-order valence-corrected chi connectivity index (χ4v) is 9.31. The Labute approximate surface area is 430 Å². The molecular formula is C53H68N10O9S. The van der Waals surface area contributed by atoms with Crippen molar-refractivity contribution in [2.45, 2.75) is 92.1 Å². The summed E-state index contributed by atoms with van der Waals surface area (Å²) in [5.41, 5.74) is 6.71. The summed E-state index contributed by atoms with van der Waals surface area (Å²) in [7, 11) is 0. The number of carbonyl (C=O) groups is 3. The summed E-state index contributed by atoms with van der Waals surface area (Å²) in [5, 5.41) is 19.7. The summed E-state index contributed by atoms with van der Waals surface area (Å²) in [6, 6.07) is 17.3. The molecule has 19 nitrogen and oxygen atoms in total. The largest absolute Gasteiger partial charge is 0.491 e. The summed E-state index contributed by atoms with van der Waals surface area (Å²) in [6.45, 7) is 17.9. The van der Waals surface area contributed by atoms with Crippen molar-refractivity contribution >= 4 is 51.7 Å². The number of aliphatic hydroxyl groups is 1. The van der Waals surface area contributed by atoms with Gasteiger partial charge in [0.25, 0.3) is 0 Å². The first kappa shape index (κ1) is 54.4. The van der Waals surface area contributed by atoms with Crippen molar-refractivity contribution in [2.24, 2.45) is 5.41 Å². The Hall–Kier alpha value is -6.42. The Kier molecular flexibility index (Phi) is 19.0. The van der Waals surface area contributed by atoms with E-state index in [-0.39, 0.29) is 50.8 Å². The highest BCUT2D eigenvalue weighted by atomic mass is 32.1. The number of nitrogens with zero attached hydrogens (tertiary/aromatic N) is 7. The Balaban J connectivity index is 0.729. The van der Waals surface area contributed by atoms with Gasteiger partial charge >= 0.3 is 0 Å². The normalized spacial score (nSPS) is 15.7. The molecule has 73 heavy (non-hydrogen) atoms. The quantitative estimate of drug-likeness (QED) is 0.0434. The fourth-order valence-electron chi connectivity index (χ4n) is 8.50. The third kappa shape index (κ3) is 14.9. The number of aliphatic hydroxyl groups excluding tert-OH is 1. The van der Waals surface area contributed by atoms with Gasteiger partial charge < -0.3 is 54.2 Å². The molecule has 3 amide bonds. The molecule has 20 heteroatoms. The van der Waals surface area contributed by atoms with Crippen LogP contribution in [0.15, 0.2) is 78.6 Å². The van der Waals surface area contributed by atoms with Crippen LogP contribution in [0.25, 0.3) is 32.9 Å². The molecule has 1 aliphatic heterocycles. The van der Waals surface area contributed by atoms with Crippen LogP contribution in [0, 0.1) is 19.3 Å². The molecule has 0 spiro atoms. The Morgan fingerprint density at radius 2 is 1.45 bits per heavy atom. The van der Waals surface area contributed by atoms with Gasteiger partial charge in [-0.05, 0) is 81.5 Å². The maximum Gasteiger partial charge on any atom is 0.246 e. The lowest BCUT2D eigenvalue weighted by atomic mass is 9.85. The van der Waals surface area contributed by atoms with Crippen molar-refractivity contribution in [2.75, 3.05) is 71.3 Å². The van der Waals surface area contributed by atoms with E-state index < -0.39 is 35.4 Å². The molecule has 4 atom stereocenters. The zero-order chi connectivity index (χ0) is 52.1. The summed E-state index contributed by atoms with van der Waals surface area (Å²) in [5.74, 6) is 2.19. The zero-order valence-corrected chi connectivity index (χ0v) is 43.7. The molecule has 0 aliphatic carbocycles. The predicted octanol–water partition coefficient (Wildman–Crippen LogP) is 6.77. The van der Waals surface area contributed by atoms with E-state index in [9.17, 15) is 19.5 Å². The number of pyridine rings is 1. The Morgan fingerprint density at radius 3 is 2.10 bits per heavy atom. The number of ether oxygens (including phenoxy) is 5. The molecule has 7 rings (SSSR count). The van der Waals surface area contributed by atoms with Crippen LogP contribution in [0.5, 0.6) is 5.75 Å². The number of hydrogen-bond acceptors (Lipinski definition) is 16. The number of thiazole rings is 1. The van der Waals surface area contributed by atoms with Gasteiger partial charge in [-0.25, -0.2) is 24.9 Å². The molecule has 5 heterocycles. The SMILES string of the molecule is Cc1ncsc1-c1ccc([C@H](C)NC(=O)[C@H]2C[C@H](O)CN2C(=O)[C@@H](NC(=O)COCCOCCOCCOCCOc2ccc(-c3nccc(Nc4cc5c(cn4)nc(C)n5C(C)C)n3)cc2)C(C)(C)C)cc1. The average molecular weight is 1020 g/mol. The highest BCUT2D eigenvalue weighted by Gasteiger charge is 2.44. The second-order valence-electron chi connectivity index (χ2n) is 19.2. The van der Waals surface area contributed by atoms with Crippen LogP contribution < -0.4 is 20.7 Å². The maximum absolute atomic E-state index is 14.0. The van der Waals surface area contributed by atoms with Crippen molar-refractivity contribution in [1.82, 2.24) is 45.0 Å². The number of amides is 3. The number of anilines is 2. The minimum Gasteiger partial charge on any atom is -0.491 e. The van der Waals surface area contributed by atoms with Crippen molar-refractivity contribution in [3.05, 3.63) is 95.6 Å². The van der Waals surface area contributed by atoms with E-state index >= 15 is 0 Å². The standard InChI is InChI=1S/C53H68N10O9S/c1-33(2)63-36(5)58-42-29-55-46(28-43(42)63)59-45-17-18-54-50(60-45)39-13-15-41(16-14-39)72-26-25-70-22-21-68-19-20-69-23-24-71-31-47(65)61-49(53(6,7)8)52(67)62-30-40(64)27-44(62)51(66)57-34(3)37-9-11-38(12-10-37)48-35(4)56-32-73-48/h9-18,28-29,32-34,40,44,49,64H,19-27,30-31H2,1-8H3,(H,57,66)(H,61,65)(H,54,55,59,60)/t34-,40-,44+,49+/m0/s1. The molecule has 1 aliphatic rings. The number of nitrogens with one attached hydrogen (secondary N) is 3. The molecule has 390 valence electrons. The number of benzene rings is 2. The highest BCUT2D eigenvalue weighted by Crippen LogP contribution is 2.30. The van der Waals surface area contributed by atoms with E-state index in [4.69, 9.17) is 28.7 Å². The van der Waals surface area contributed by atoms with Crippen LogP contribution in [0.2, 0.25) is 0 Å². The number of rotatable bonds is 25. The number of likely N-dealkylation sites (tertiary alicyclic amines) is 1. The van der Waals surface area contributed by atoms with Gasteiger partial charge in [-0.1, -0.05) is 45.0 Å². The van der Waals surface area contributed by atoms with Crippen LogP contribution in [0.3, 0.4) is 0 Å². The lowest BCUT2D eigenvalue weighted by Gasteiger charge is -2.35. The topological polar surface area (TPSA) is 226 Å². The number of aromatic nitrogens is 6. The first-order valence-electron chi connectivity index (χ1n) is 24.6. The highest BCUT2D eigenvalue weighted by molar-refractivity contribution is 7.13. The maximum atomic E-state index is 14.0. The van der Waals surface area contributed by atoms with Gasteiger partial charge in [0.15, 0.2) is 5.82 Å². The summed E-state index contributed by atoms with van der Waals surface area (Å²) >= 11 is 1.57. The number of β-amino-alcohol motifs (C(OH)–C–C–N with tert-alkyl or cyclic N) is 1. The number of aryl methyl sites for hydroxylation is 2. The minimum absolute atomic E-state index is 0.0224. The Morgan fingerprint density at radius 1 is 0.795 bits per heavy atom.